The Morgan fingerprint density at radius 3 is 2.23 bits per heavy atom. The minimum Gasteiger partial charge on any atom is -0.461 e. The van der Waals surface area contributed by atoms with E-state index in [1.165, 1.54) is 13.8 Å². The number of ether oxygens (including phenoxy) is 4. The summed E-state index contributed by atoms with van der Waals surface area (Å²) >= 11 is 0. The van der Waals surface area contributed by atoms with Gasteiger partial charge in [0.05, 0.1) is 18.4 Å². The van der Waals surface area contributed by atoms with Gasteiger partial charge in [-0.2, -0.15) is 0 Å². The fourth-order valence-corrected chi connectivity index (χ4v) is 5.09. The molecule has 3 aromatic rings. The topological polar surface area (TPSA) is 117 Å². The van der Waals surface area contributed by atoms with Gasteiger partial charge in [0.15, 0.2) is 0 Å². The molecule has 1 N–H and O–H groups in total. The van der Waals surface area contributed by atoms with Crippen molar-refractivity contribution in [1.29, 1.82) is 0 Å². The number of esters is 2. The molecule has 232 valence electrons. The Balaban J connectivity index is 1.45. The molecule has 9 nitrogen and oxygen atoms in total. The van der Waals surface area contributed by atoms with Crippen LogP contribution in [0.2, 0.25) is 0 Å². The summed E-state index contributed by atoms with van der Waals surface area (Å²) in [7, 11) is 0. The summed E-state index contributed by atoms with van der Waals surface area (Å²) in [5.41, 5.74) is 4.48. The van der Waals surface area contributed by atoms with Crippen LogP contribution in [0.3, 0.4) is 0 Å². The number of carbonyl (C=O) groups is 4. The maximum atomic E-state index is 13.6. The lowest BCUT2D eigenvalue weighted by Crippen LogP contribution is -2.43. The number of carbonyl (C=O) groups excluding carboxylic acids is 4. The molecule has 2 atom stereocenters. The minimum absolute atomic E-state index is 0.0438. The fraction of sp³-hybridized carbons (Fsp3) is 0.371. The predicted molar refractivity (Wildman–Crippen MR) is 163 cm³/mol. The monoisotopic (exact) mass is 601 g/mol. The van der Waals surface area contributed by atoms with Crippen molar-refractivity contribution in [2.75, 3.05) is 0 Å². The van der Waals surface area contributed by atoms with Crippen molar-refractivity contribution >= 4 is 24.0 Å². The van der Waals surface area contributed by atoms with Crippen molar-refractivity contribution in [3.63, 3.8) is 0 Å². The summed E-state index contributed by atoms with van der Waals surface area (Å²) < 4.78 is 21.3. The predicted octanol–water partition coefficient (Wildman–Crippen LogP) is 6.23. The minimum atomic E-state index is -1.59. The zero-order chi connectivity index (χ0) is 31.7. The Morgan fingerprint density at radius 1 is 0.864 bits per heavy atom. The van der Waals surface area contributed by atoms with Crippen LogP contribution in [0.25, 0.3) is 11.1 Å². The van der Waals surface area contributed by atoms with Gasteiger partial charge in [0, 0.05) is 26.3 Å². The van der Waals surface area contributed by atoms with Gasteiger partial charge >= 0.3 is 18.1 Å². The van der Waals surface area contributed by atoms with Gasteiger partial charge in [-0.1, -0.05) is 78.9 Å². The first-order chi connectivity index (χ1) is 21.0. The molecule has 0 fully saturated rings. The third-order valence-corrected chi connectivity index (χ3v) is 7.07. The maximum Gasteiger partial charge on any atom is 0.511 e. The Bertz CT molecular complexity index is 1450. The van der Waals surface area contributed by atoms with Crippen molar-refractivity contribution in [3.8, 4) is 11.1 Å². The van der Waals surface area contributed by atoms with E-state index < -0.39 is 35.9 Å². The molecule has 9 heteroatoms. The van der Waals surface area contributed by atoms with E-state index in [0.29, 0.717) is 6.42 Å². The SMILES string of the molecule is CC(C)OC(=O)OC(C)(C)OC(=O)[C@H]1C[C@H](NC(=O)CCC(=O)OCc2ccccc2)Cc2ccc(-c3ccccc3)cc21. The standard InChI is InChI=1S/C35H39NO8/c1-23(2)42-34(40)44-35(3,4)43-33(39)30-21-28(19-27-16-15-26(20-29(27)30)25-13-9-6-10-14-25)36-31(37)17-18-32(38)41-22-24-11-7-5-8-12-24/h5-16,20,23,28,30H,17-19,21-22H2,1-4H3,(H,36,37)/t28-,30+/m1/s1. The van der Waals surface area contributed by atoms with Gasteiger partial charge in [-0.25, -0.2) is 4.79 Å². The van der Waals surface area contributed by atoms with Crippen molar-refractivity contribution in [3.05, 3.63) is 95.6 Å². The average molecular weight is 602 g/mol. The first-order valence-corrected chi connectivity index (χ1v) is 14.8. The number of hydrogen-bond acceptors (Lipinski definition) is 8. The van der Waals surface area contributed by atoms with Crippen molar-refractivity contribution in [2.24, 2.45) is 0 Å². The lowest BCUT2D eigenvalue weighted by atomic mass is 9.78. The van der Waals surface area contributed by atoms with Gasteiger partial charge in [-0.05, 0) is 54.5 Å². The molecule has 4 rings (SSSR count). The zero-order valence-electron chi connectivity index (χ0n) is 25.5. The highest BCUT2D eigenvalue weighted by molar-refractivity contribution is 5.83. The van der Waals surface area contributed by atoms with Crippen molar-refractivity contribution in [2.45, 2.75) is 83.8 Å². The molecule has 0 aliphatic heterocycles. The normalized spacial score (nSPS) is 15.9. The summed E-state index contributed by atoms with van der Waals surface area (Å²) in [4.78, 5) is 50.8. The molecule has 3 aromatic carbocycles. The number of amides is 1. The molecule has 0 saturated carbocycles. The van der Waals surface area contributed by atoms with Crippen LogP contribution >= 0.6 is 0 Å². The van der Waals surface area contributed by atoms with Crippen LogP contribution < -0.4 is 5.32 Å². The lowest BCUT2D eigenvalue weighted by molar-refractivity contribution is -0.203. The first kappa shape index (κ1) is 32.3. The van der Waals surface area contributed by atoms with E-state index in [4.69, 9.17) is 18.9 Å². The molecular formula is C35H39NO8. The van der Waals surface area contributed by atoms with Gasteiger partial charge in [-0.3, -0.25) is 14.4 Å². The van der Waals surface area contributed by atoms with Gasteiger partial charge in [0.1, 0.15) is 6.61 Å². The number of rotatable bonds is 11. The van der Waals surface area contributed by atoms with Crippen LogP contribution in [0.4, 0.5) is 4.79 Å². The highest BCUT2D eigenvalue weighted by Crippen LogP contribution is 2.37. The fourth-order valence-electron chi connectivity index (χ4n) is 5.09. The van der Waals surface area contributed by atoms with Crippen LogP contribution in [0.15, 0.2) is 78.9 Å². The number of benzene rings is 3. The smallest absolute Gasteiger partial charge is 0.461 e. The second-order valence-electron chi connectivity index (χ2n) is 11.5. The quantitative estimate of drug-likeness (QED) is 0.156. The second kappa shape index (κ2) is 14.7. The van der Waals surface area contributed by atoms with Crippen molar-refractivity contribution in [1.82, 2.24) is 5.32 Å². The molecule has 0 heterocycles. The highest BCUT2D eigenvalue weighted by Gasteiger charge is 2.38. The summed E-state index contributed by atoms with van der Waals surface area (Å²) in [5.74, 6) is -3.71. The van der Waals surface area contributed by atoms with E-state index in [2.05, 4.69) is 5.32 Å². The van der Waals surface area contributed by atoms with E-state index in [1.807, 2.05) is 78.9 Å². The number of nitrogens with one attached hydrogen (secondary N) is 1. The Morgan fingerprint density at radius 2 is 1.55 bits per heavy atom. The molecule has 0 radical (unpaired) electrons. The molecule has 0 aromatic heterocycles. The van der Waals surface area contributed by atoms with Gasteiger partial charge < -0.3 is 24.3 Å². The first-order valence-electron chi connectivity index (χ1n) is 14.8. The Labute approximate surface area is 257 Å². The zero-order valence-corrected chi connectivity index (χ0v) is 25.5. The second-order valence-corrected chi connectivity index (χ2v) is 11.5. The summed E-state index contributed by atoms with van der Waals surface area (Å²) in [6.45, 7) is 6.45. The largest absolute Gasteiger partial charge is 0.511 e. The molecular weight excluding hydrogens is 562 g/mol. The molecule has 1 amide bonds. The Kier molecular flexibility index (Phi) is 10.8. The summed E-state index contributed by atoms with van der Waals surface area (Å²) in [5, 5.41) is 2.98. The van der Waals surface area contributed by atoms with Crippen LogP contribution in [0, 0.1) is 0 Å². The third-order valence-electron chi connectivity index (χ3n) is 7.07. The molecule has 44 heavy (non-hydrogen) atoms. The molecule has 1 aliphatic rings. The van der Waals surface area contributed by atoms with Crippen LogP contribution in [0.5, 0.6) is 0 Å². The van der Waals surface area contributed by atoms with E-state index in [1.54, 1.807) is 13.8 Å². The molecule has 0 saturated heterocycles. The van der Waals surface area contributed by atoms with E-state index in [-0.39, 0.29) is 37.8 Å². The highest BCUT2D eigenvalue weighted by atomic mass is 16.8. The molecule has 0 bridgehead atoms. The van der Waals surface area contributed by atoms with Crippen LogP contribution in [-0.2, 0) is 46.4 Å². The number of hydrogen-bond donors (Lipinski definition) is 1. The van der Waals surface area contributed by atoms with E-state index >= 15 is 0 Å². The average Bonchev–Trinajstić information content (AvgIpc) is 2.98. The van der Waals surface area contributed by atoms with E-state index in [0.717, 1.165) is 27.8 Å². The Hall–Kier alpha value is -4.66. The number of fused-ring (bicyclic) bond motifs is 1. The van der Waals surface area contributed by atoms with Gasteiger partial charge in [0.25, 0.3) is 5.79 Å². The summed E-state index contributed by atoms with van der Waals surface area (Å²) in [6.07, 6.45) is -0.685. The molecule has 0 unspecified atom stereocenters. The molecule has 1 aliphatic carbocycles. The van der Waals surface area contributed by atoms with Crippen molar-refractivity contribution < 1.29 is 38.1 Å². The molecule has 0 spiro atoms. The van der Waals surface area contributed by atoms with E-state index in [9.17, 15) is 19.2 Å². The summed E-state index contributed by atoms with van der Waals surface area (Å²) in [6, 6.07) is 24.6. The lowest BCUT2D eigenvalue weighted by Gasteiger charge is -2.33. The van der Waals surface area contributed by atoms with Gasteiger partial charge in [-0.15, -0.1) is 0 Å². The van der Waals surface area contributed by atoms with Crippen LogP contribution in [0.1, 0.15) is 69.6 Å². The van der Waals surface area contributed by atoms with Crippen LogP contribution in [-0.4, -0.2) is 41.9 Å². The third kappa shape index (κ3) is 9.42. The maximum absolute atomic E-state index is 13.6. The van der Waals surface area contributed by atoms with Gasteiger partial charge in [0.2, 0.25) is 5.91 Å².